The average Bonchev–Trinajstić information content (AvgIpc) is 2.82. The highest BCUT2D eigenvalue weighted by Gasteiger charge is 2.42. The molecule has 3 aromatic rings. The second kappa shape index (κ2) is 9.35. The Labute approximate surface area is 196 Å². The standard InChI is InChI=1S/C26H23FN2O5/c1-26(2)25(32)29(15-23(30)33-16-17-8-4-3-5-9-17)21-14-18(12-13-22(21)34-26)24(31)28-20-11-7-6-10-19(20)27/h3-14H,15-16H2,1-2H3,(H,28,31). The number of anilines is 2. The number of fused-ring (bicyclic) bond motifs is 1. The largest absolute Gasteiger partial charge is 0.476 e. The first kappa shape index (κ1) is 23.0. The Morgan fingerprint density at radius 3 is 2.47 bits per heavy atom. The maximum absolute atomic E-state index is 13.9. The Bertz CT molecular complexity index is 1240. The number of rotatable bonds is 6. The first-order valence-electron chi connectivity index (χ1n) is 10.6. The minimum absolute atomic E-state index is 0.0278. The minimum Gasteiger partial charge on any atom is -0.476 e. The lowest BCUT2D eigenvalue weighted by molar-refractivity contribution is -0.145. The van der Waals surface area contributed by atoms with Gasteiger partial charge in [0.2, 0.25) is 0 Å². The highest BCUT2D eigenvalue weighted by atomic mass is 19.1. The molecule has 1 aliphatic rings. The molecule has 0 saturated heterocycles. The molecule has 4 rings (SSSR count). The molecule has 3 aromatic carbocycles. The van der Waals surface area contributed by atoms with Crippen molar-refractivity contribution in [3.63, 3.8) is 0 Å². The predicted octanol–water partition coefficient (Wildman–Crippen LogP) is 4.33. The van der Waals surface area contributed by atoms with Gasteiger partial charge in [0.25, 0.3) is 11.8 Å². The molecular weight excluding hydrogens is 439 g/mol. The maximum atomic E-state index is 13.9. The van der Waals surface area contributed by atoms with E-state index in [0.29, 0.717) is 5.75 Å². The van der Waals surface area contributed by atoms with Crippen LogP contribution in [0.15, 0.2) is 72.8 Å². The fourth-order valence-electron chi connectivity index (χ4n) is 3.54. The van der Waals surface area contributed by atoms with Crippen LogP contribution in [0.4, 0.5) is 15.8 Å². The molecule has 0 radical (unpaired) electrons. The summed E-state index contributed by atoms with van der Waals surface area (Å²) in [5.74, 6) is -1.87. The van der Waals surface area contributed by atoms with Crippen LogP contribution in [0.1, 0.15) is 29.8 Å². The summed E-state index contributed by atoms with van der Waals surface area (Å²) in [5, 5.41) is 2.51. The minimum atomic E-state index is -1.22. The van der Waals surface area contributed by atoms with Crippen molar-refractivity contribution < 1.29 is 28.2 Å². The third kappa shape index (κ3) is 4.91. The van der Waals surface area contributed by atoms with Crippen LogP contribution in [-0.2, 0) is 20.9 Å². The van der Waals surface area contributed by atoms with Crippen LogP contribution in [0.2, 0.25) is 0 Å². The monoisotopic (exact) mass is 462 g/mol. The molecule has 1 aliphatic heterocycles. The predicted molar refractivity (Wildman–Crippen MR) is 124 cm³/mol. The molecule has 8 heteroatoms. The van der Waals surface area contributed by atoms with E-state index in [4.69, 9.17) is 9.47 Å². The highest BCUT2D eigenvalue weighted by Crippen LogP contribution is 2.38. The number of benzene rings is 3. The smallest absolute Gasteiger partial charge is 0.326 e. The van der Waals surface area contributed by atoms with Crippen LogP contribution in [-0.4, -0.2) is 29.9 Å². The number of ether oxygens (including phenoxy) is 2. The topological polar surface area (TPSA) is 84.9 Å². The highest BCUT2D eigenvalue weighted by molar-refractivity contribution is 6.08. The normalized spacial score (nSPS) is 14.1. The summed E-state index contributed by atoms with van der Waals surface area (Å²) in [7, 11) is 0. The molecule has 0 bridgehead atoms. The number of para-hydroxylation sites is 1. The van der Waals surface area contributed by atoms with Crippen molar-refractivity contribution in [2.24, 2.45) is 0 Å². The van der Waals surface area contributed by atoms with Crippen LogP contribution in [0.25, 0.3) is 0 Å². The second-order valence-electron chi connectivity index (χ2n) is 8.27. The Morgan fingerprint density at radius 2 is 1.74 bits per heavy atom. The van der Waals surface area contributed by atoms with Crippen molar-refractivity contribution in [2.45, 2.75) is 26.1 Å². The third-order valence-corrected chi connectivity index (χ3v) is 5.29. The van der Waals surface area contributed by atoms with Gasteiger partial charge in [0.1, 0.15) is 24.7 Å². The SMILES string of the molecule is CC1(C)Oc2ccc(C(=O)Nc3ccccc3F)cc2N(CC(=O)OCc2ccccc2)C1=O. The van der Waals surface area contributed by atoms with Gasteiger partial charge in [-0.2, -0.15) is 0 Å². The molecule has 34 heavy (non-hydrogen) atoms. The van der Waals surface area contributed by atoms with Crippen molar-refractivity contribution in [3.8, 4) is 5.75 Å². The van der Waals surface area contributed by atoms with Gasteiger partial charge >= 0.3 is 5.97 Å². The summed E-state index contributed by atoms with van der Waals surface area (Å²) in [6, 6.07) is 19.5. The van der Waals surface area contributed by atoms with Gasteiger partial charge in [-0.25, -0.2) is 4.39 Å². The Kier molecular flexibility index (Phi) is 6.32. The average molecular weight is 462 g/mol. The summed E-state index contributed by atoms with van der Waals surface area (Å²) < 4.78 is 25.1. The van der Waals surface area contributed by atoms with Crippen LogP contribution in [0.5, 0.6) is 5.75 Å². The Morgan fingerprint density at radius 1 is 1.03 bits per heavy atom. The number of hydrogen-bond acceptors (Lipinski definition) is 5. The van der Waals surface area contributed by atoms with Crippen LogP contribution in [0.3, 0.4) is 0 Å². The lowest BCUT2D eigenvalue weighted by Gasteiger charge is -2.38. The zero-order valence-electron chi connectivity index (χ0n) is 18.7. The summed E-state index contributed by atoms with van der Waals surface area (Å²) in [6.07, 6.45) is 0. The molecule has 0 unspecified atom stereocenters. The number of hydrogen-bond donors (Lipinski definition) is 1. The lowest BCUT2D eigenvalue weighted by atomic mass is 10.0. The fourth-order valence-corrected chi connectivity index (χ4v) is 3.54. The second-order valence-corrected chi connectivity index (χ2v) is 8.27. The molecular formula is C26H23FN2O5. The van der Waals surface area contributed by atoms with Gasteiger partial charge in [-0.3, -0.25) is 19.3 Å². The third-order valence-electron chi connectivity index (χ3n) is 5.29. The lowest BCUT2D eigenvalue weighted by Crippen LogP contribution is -2.54. The molecule has 2 amide bonds. The number of esters is 1. The van der Waals surface area contributed by atoms with Gasteiger partial charge < -0.3 is 14.8 Å². The molecule has 1 heterocycles. The van der Waals surface area contributed by atoms with Gasteiger partial charge in [-0.05, 0) is 49.7 Å². The zero-order valence-corrected chi connectivity index (χ0v) is 18.7. The van der Waals surface area contributed by atoms with Gasteiger partial charge in [-0.1, -0.05) is 42.5 Å². The first-order valence-corrected chi connectivity index (χ1v) is 10.6. The van der Waals surface area contributed by atoms with E-state index < -0.39 is 29.2 Å². The number of halogens is 1. The molecule has 0 spiro atoms. The van der Waals surface area contributed by atoms with E-state index in [0.717, 1.165) is 5.56 Å². The van der Waals surface area contributed by atoms with Crippen LogP contribution in [0, 0.1) is 5.82 Å². The summed E-state index contributed by atoms with van der Waals surface area (Å²) >= 11 is 0. The molecule has 0 aromatic heterocycles. The zero-order chi connectivity index (χ0) is 24.3. The number of nitrogens with zero attached hydrogens (tertiary/aromatic N) is 1. The van der Waals surface area contributed by atoms with E-state index in [1.807, 2.05) is 30.3 Å². The molecule has 0 atom stereocenters. The molecule has 174 valence electrons. The van der Waals surface area contributed by atoms with Gasteiger partial charge in [-0.15, -0.1) is 0 Å². The van der Waals surface area contributed by atoms with Crippen LogP contribution < -0.4 is 15.0 Å². The van der Waals surface area contributed by atoms with E-state index in [9.17, 15) is 18.8 Å². The van der Waals surface area contributed by atoms with E-state index >= 15 is 0 Å². The summed E-state index contributed by atoms with van der Waals surface area (Å²) in [5.41, 5.74) is 0.0452. The van der Waals surface area contributed by atoms with Gasteiger partial charge in [0.05, 0.1) is 11.4 Å². The van der Waals surface area contributed by atoms with E-state index in [-0.39, 0.29) is 30.1 Å². The first-order chi connectivity index (χ1) is 16.2. The van der Waals surface area contributed by atoms with Crippen molar-refractivity contribution in [3.05, 3.63) is 89.7 Å². The van der Waals surface area contributed by atoms with E-state index in [1.54, 1.807) is 26.0 Å². The number of amides is 2. The van der Waals surface area contributed by atoms with Crippen LogP contribution >= 0.6 is 0 Å². The summed E-state index contributed by atoms with van der Waals surface area (Å²) in [4.78, 5) is 39.6. The van der Waals surface area contributed by atoms with Crippen molar-refractivity contribution in [1.82, 2.24) is 0 Å². The quantitative estimate of drug-likeness (QED) is 0.552. The van der Waals surface area contributed by atoms with Gasteiger partial charge in [0, 0.05) is 5.56 Å². The molecule has 0 saturated carbocycles. The van der Waals surface area contributed by atoms with Gasteiger partial charge in [0.15, 0.2) is 5.60 Å². The van der Waals surface area contributed by atoms with Crippen molar-refractivity contribution in [1.29, 1.82) is 0 Å². The van der Waals surface area contributed by atoms with Crippen molar-refractivity contribution in [2.75, 3.05) is 16.8 Å². The number of nitrogens with one attached hydrogen (secondary N) is 1. The molecule has 0 fully saturated rings. The van der Waals surface area contributed by atoms with Crippen molar-refractivity contribution >= 4 is 29.2 Å². The number of carbonyl (C=O) groups is 3. The molecule has 0 aliphatic carbocycles. The Balaban J connectivity index is 1.56. The number of carbonyl (C=O) groups excluding carboxylic acids is 3. The maximum Gasteiger partial charge on any atom is 0.326 e. The Hall–Kier alpha value is -4.20. The summed E-state index contributed by atoms with van der Waals surface area (Å²) in [6.45, 7) is 2.90. The fraction of sp³-hybridized carbons (Fsp3) is 0.192. The van der Waals surface area contributed by atoms with E-state index in [1.165, 1.54) is 35.2 Å². The van der Waals surface area contributed by atoms with E-state index in [2.05, 4.69) is 5.32 Å². The molecule has 1 N–H and O–H groups in total. The molecule has 7 nitrogen and oxygen atoms in total.